The van der Waals surface area contributed by atoms with Crippen LogP contribution in [0.15, 0.2) is 83.8 Å². The summed E-state index contributed by atoms with van der Waals surface area (Å²) in [5.74, 6) is -0.330. The van der Waals surface area contributed by atoms with Gasteiger partial charge in [-0.25, -0.2) is 8.42 Å². The van der Waals surface area contributed by atoms with Gasteiger partial charge in [0.2, 0.25) is 0 Å². The molecule has 0 aliphatic rings. The van der Waals surface area contributed by atoms with Gasteiger partial charge < -0.3 is 4.74 Å². The van der Waals surface area contributed by atoms with E-state index in [1.54, 1.807) is 30.3 Å². The van der Waals surface area contributed by atoms with Gasteiger partial charge >= 0.3 is 0 Å². The van der Waals surface area contributed by atoms with Gasteiger partial charge in [-0.3, -0.25) is 14.9 Å². The fourth-order valence-electron chi connectivity index (χ4n) is 2.89. The van der Waals surface area contributed by atoms with E-state index in [-0.39, 0.29) is 16.3 Å². The van der Waals surface area contributed by atoms with Gasteiger partial charge in [-0.15, -0.1) is 0 Å². The molecule has 0 aromatic heterocycles. The number of rotatable bonds is 7. The molecular formula is C23H20N2O6S. The van der Waals surface area contributed by atoms with Crippen LogP contribution in [0.3, 0.4) is 0 Å². The Balaban J connectivity index is 2.03. The monoisotopic (exact) mass is 452 g/mol. The van der Waals surface area contributed by atoms with E-state index in [0.717, 1.165) is 11.6 Å². The number of nitrogens with zero attached hydrogens (tertiary/aromatic N) is 2. The summed E-state index contributed by atoms with van der Waals surface area (Å²) in [4.78, 5) is 23.4. The Kier molecular flexibility index (Phi) is 6.70. The van der Waals surface area contributed by atoms with Crippen molar-refractivity contribution in [3.8, 4) is 5.75 Å². The number of sulfonamides is 1. The third kappa shape index (κ3) is 5.01. The van der Waals surface area contributed by atoms with Gasteiger partial charge in [-0.05, 0) is 55.0 Å². The number of anilines is 1. The van der Waals surface area contributed by atoms with Crippen LogP contribution in [-0.2, 0) is 14.8 Å². The van der Waals surface area contributed by atoms with E-state index in [1.807, 2.05) is 6.92 Å². The van der Waals surface area contributed by atoms with Crippen LogP contribution in [0.2, 0.25) is 0 Å². The van der Waals surface area contributed by atoms with Gasteiger partial charge in [0.15, 0.2) is 0 Å². The van der Waals surface area contributed by atoms with Gasteiger partial charge in [0, 0.05) is 18.2 Å². The van der Waals surface area contributed by atoms with Gasteiger partial charge in [0.05, 0.1) is 22.6 Å². The summed E-state index contributed by atoms with van der Waals surface area (Å²) in [6.45, 7) is 1.82. The molecule has 0 aliphatic carbocycles. The molecule has 8 nitrogen and oxygen atoms in total. The van der Waals surface area contributed by atoms with Crippen molar-refractivity contribution in [2.75, 3.05) is 11.4 Å². The maximum atomic E-state index is 13.3. The quantitative estimate of drug-likeness (QED) is 0.300. The molecule has 0 fully saturated rings. The van der Waals surface area contributed by atoms with E-state index < -0.39 is 20.9 Å². The molecule has 1 amide bonds. The van der Waals surface area contributed by atoms with Crippen molar-refractivity contribution in [1.82, 2.24) is 0 Å². The topological polar surface area (TPSA) is 107 Å². The third-order valence-corrected chi connectivity index (χ3v) is 6.31. The molecule has 0 radical (unpaired) electrons. The van der Waals surface area contributed by atoms with Gasteiger partial charge in [-0.2, -0.15) is 4.31 Å². The molecule has 0 atom stereocenters. The smallest absolute Gasteiger partial charge is 0.271 e. The zero-order valence-corrected chi connectivity index (χ0v) is 18.2. The summed E-state index contributed by atoms with van der Waals surface area (Å²) in [6, 6.07) is 17.8. The SMILES string of the molecule is COc1ccc(N(C(=O)C=Cc2cccc([N+](=O)[O-])c2)S(=O)(=O)c2ccc(C)cc2)cc1. The van der Waals surface area contributed by atoms with Crippen molar-refractivity contribution in [1.29, 1.82) is 0 Å². The molecule has 0 bridgehead atoms. The highest BCUT2D eigenvalue weighted by Gasteiger charge is 2.29. The lowest BCUT2D eigenvalue weighted by Gasteiger charge is -2.21. The molecule has 0 aliphatic heterocycles. The second-order valence-corrected chi connectivity index (χ2v) is 8.59. The minimum Gasteiger partial charge on any atom is -0.497 e. The van der Waals surface area contributed by atoms with Crippen LogP contribution in [0, 0.1) is 17.0 Å². The lowest BCUT2D eigenvalue weighted by Crippen LogP contribution is -2.35. The number of nitro benzene ring substituents is 1. The van der Waals surface area contributed by atoms with Crippen molar-refractivity contribution in [2.24, 2.45) is 0 Å². The zero-order chi connectivity index (χ0) is 23.3. The van der Waals surface area contributed by atoms with Crippen LogP contribution in [0.4, 0.5) is 11.4 Å². The number of aryl methyl sites for hydroxylation is 1. The maximum absolute atomic E-state index is 13.3. The number of benzene rings is 3. The number of nitro groups is 1. The van der Waals surface area contributed by atoms with Gasteiger partial charge in [-0.1, -0.05) is 29.8 Å². The highest BCUT2D eigenvalue weighted by Crippen LogP contribution is 2.27. The Morgan fingerprint density at radius 2 is 1.69 bits per heavy atom. The second-order valence-electron chi connectivity index (χ2n) is 6.80. The minimum atomic E-state index is -4.23. The number of methoxy groups -OCH3 is 1. The highest BCUT2D eigenvalue weighted by molar-refractivity contribution is 7.93. The maximum Gasteiger partial charge on any atom is 0.271 e. The first-order valence-corrected chi connectivity index (χ1v) is 10.9. The van der Waals surface area contributed by atoms with Crippen LogP contribution in [-0.4, -0.2) is 26.4 Å². The van der Waals surface area contributed by atoms with Crippen molar-refractivity contribution in [3.05, 3.63) is 100 Å². The van der Waals surface area contributed by atoms with Gasteiger partial charge in [0.1, 0.15) is 5.75 Å². The molecule has 32 heavy (non-hydrogen) atoms. The second kappa shape index (κ2) is 9.44. The molecule has 0 heterocycles. The van der Waals surface area contributed by atoms with Crippen molar-refractivity contribution in [3.63, 3.8) is 0 Å². The summed E-state index contributed by atoms with van der Waals surface area (Å²) in [6.07, 6.45) is 2.39. The lowest BCUT2D eigenvalue weighted by molar-refractivity contribution is -0.384. The minimum absolute atomic E-state index is 0.0454. The standard InChI is InChI=1S/C23H20N2O6S/c1-17-6-13-22(14-7-17)32(29,30)24(19-9-11-21(31-2)12-10-19)23(26)15-8-18-4-3-5-20(16-18)25(27)28/h3-16H,1-2H3. The van der Waals surface area contributed by atoms with E-state index in [0.29, 0.717) is 15.6 Å². The first-order chi connectivity index (χ1) is 15.2. The molecule has 0 saturated carbocycles. The lowest BCUT2D eigenvalue weighted by atomic mass is 10.2. The van der Waals surface area contributed by atoms with Gasteiger partial charge in [0.25, 0.3) is 21.6 Å². The fraction of sp³-hybridized carbons (Fsp3) is 0.0870. The number of hydrogen-bond donors (Lipinski definition) is 0. The largest absolute Gasteiger partial charge is 0.497 e. The number of ether oxygens (including phenoxy) is 1. The Morgan fingerprint density at radius 3 is 2.28 bits per heavy atom. The number of carbonyl (C=O) groups excluding carboxylic acids is 1. The Morgan fingerprint density at radius 1 is 1.03 bits per heavy atom. The predicted octanol–water partition coefficient (Wildman–Crippen LogP) is 4.35. The Labute approximate surface area is 185 Å². The predicted molar refractivity (Wildman–Crippen MR) is 121 cm³/mol. The number of non-ortho nitro benzene ring substituents is 1. The molecule has 9 heteroatoms. The first kappa shape index (κ1) is 22.7. The van der Waals surface area contributed by atoms with Crippen molar-refractivity contribution in [2.45, 2.75) is 11.8 Å². The van der Waals surface area contributed by atoms with Crippen LogP contribution in [0.1, 0.15) is 11.1 Å². The molecular weight excluding hydrogens is 432 g/mol. The van der Waals surface area contributed by atoms with E-state index in [4.69, 9.17) is 4.74 Å². The highest BCUT2D eigenvalue weighted by atomic mass is 32.2. The molecule has 0 saturated heterocycles. The first-order valence-electron chi connectivity index (χ1n) is 9.45. The summed E-state index contributed by atoms with van der Waals surface area (Å²) in [5.41, 5.74) is 1.24. The molecule has 3 rings (SSSR count). The number of hydrogen-bond acceptors (Lipinski definition) is 6. The summed E-state index contributed by atoms with van der Waals surface area (Å²) >= 11 is 0. The summed E-state index contributed by atoms with van der Waals surface area (Å²) in [5, 5.41) is 11.0. The van der Waals surface area contributed by atoms with E-state index in [9.17, 15) is 23.3 Å². The number of carbonyl (C=O) groups is 1. The molecule has 3 aromatic rings. The average Bonchev–Trinajstić information content (AvgIpc) is 2.78. The summed E-state index contributed by atoms with van der Waals surface area (Å²) < 4.78 is 32.5. The van der Waals surface area contributed by atoms with E-state index >= 15 is 0 Å². The third-order valence-electron chi connectivity index (χ3n) is 4.57. The normalized spacial score (nSPS) is 11.3. The molecule has 3 aromatic carbocycles. The van der Waals surface area contributed by atoms with Crippen molar-refractivity contribution < 1.29 is 22.9 Å². The zero-order valence-electron chi connectivity index (χ0n) is 17.3. The molecule has 0 unspecified atom stereocenters. The van der Waals surface area contributed by atoms with Crippen molar-refractivity contribution >= 4 is 33.4 Å². The summed E-state index contributed by atoms with van der Waals surface area (Å²) in [7, 11) is -2.76. The molecule has 0 spiro atoms. The van der Waals surface area contributed by atoms with Crippen LogP contribution < -0.4 is 9.04 Å². The van der Waals surface area contributed by atoms with E-state index in [1.165, 1.54) is 55.7 Å². The molecule has 0 N–H and O–H groups in total. The Bertz CT molecular complexity index is 1270. The van der Waals surface area contributed by atoms with E-state index in [2.05, 4.69) is 0 Å². The Hall–Kier alpha value is -3.98. The van der Waals surface area contributed by atoms with Crippen LogP contribution in [0.25, 0.3) is 6.08 Å². The number of amides is 1. The van der Waals surface area contributed by atoms with Crippen LogP contribution >= 0.6 is 0 Å². The van der Waals surface area contributed by atoms with Crippen LogP contribution in [0.5, 0.6) is 5.75 Å². The molecule has 164 valence electrons. The average molecular weight is 452 g/mol. The fourth-order valence-corrected chi connectivity index (χ4v) is 4.28.